The van der Waals surface area contributed by atoms with Crippen LogP contribution in [-0.2, 0) is 0 Å². The first-order valence-corrected chi connectivity index (χ1v) is 7.97. The quantitative estimate of drug-likeness (QED) is 0.410. The van der Waals surface area contributed by atoms with E-state index in [1.807, 2.05) is 32.0 Å². The first-order chi connectivity index (χ1) is 12.0. The van der Waals surface area contributed by atoms with Crippen molar-refractivity contribution in [3.63, 3.8) is 0 Å². The Labute approximate surface area is 145 Å². The topological polar surface area (TPSA) is 94.0 Å². The third-order valence-corrected chi connectivity index (χ3v) is 3.78. The number of hydrogen-bond donors (Lipinski definition) is 1. The molecule has 0 aliphatic rings. The summed E-state index contributed by atoms with van der Waals surface area (Å²) in [5.41, 5.74) is 9.23. The van der Waals surface area contributed by atoms with E-state index in [4.69, 9.17) is 14.9 Å². The number of rotatable bonds is 6. The molecule has 2 aromatic carbocycles. The summed E-state index contributed by atoms with van der Waals surface area (Å²) >= 11 is 0. The van der Waals surface area contributed by atoms with Crippen molar-refractivity contribution >= 4 is 22.5 Å². The Kier molecular flexibility index (Phi) is 4.56. The summed E-state index contributed by atoms with van der Waals surface area (Å²) < 4.78 is 11.0. The van der Waals surface area contributed by atoms with E-state index in [0.29, 0.717) is 35.1 Å². The maximum absolute atomic E-state index is 11.1. The fraction of sp³-hybridized carbons (Fsp3) is 0.278. The number of nitrogens with zero attached hydrogens (tertiary/aromatic N) is 3. The van der Waals surface area contributed by atoms with Crippen molar-refractivity contribution in [3.05, 3.63) is 41.3 Å². The zero-order valence-corrected chi connectivity index (χ0v) is 14.4. The first-order valence-electron chi connectivity index (χ1n) is 7.97. The van der Waals surface area contributed by atoms with Gasteiger partial charge >= 0.3 is 0 Å². The van der Waals surface area contributed by atoms with Crippen LogP contribution < -0.4 is 15.5 Å². The van der Waals surface area contributed by atoms with Crippen LogP contribution in [0.2, 0.25) is 0 Å². The van der Waals surface area contributed by atoms with E-state index in [1.54, 1.807) is 25.3 Å². The minimum atomic E-state index is 0.281. The number of methoxy groups -OCH3 is 1. The zero-order chi connectivity index (χ0) is 18.0. The number of fused-ring (bicyclic) bond motifs is 1. The largest absolute Gasteiger partial charge is 0.497 e. The second kappa shape index (κ2) is 6.80. The van der Waals surface area contributed by atoms with Crippen LogP contribution in [0.15, 0.2) is 46.1 Å². The van der Waals surface area contributed by atoms with Crippen molar-refractivity contribution in [2.45, 2.75) is 13.8 Å². The van der Waals surface area contributed by atoms with Crippen LogP contribution in [0.4, 0.5) is 11.4 Å². The second-order valence-corrected chi connectivity index (χ2v) is 6.18. The van der Waals surface area contributed by atoms with Crippen LogP contribution in [0, 0.1) is 10.8 Å². The van der Waals surface area contributed by atoms with E-state index < -0.39 is 0 Å². The van der Waals surface area contributed by atoms with Crippen molar-refractivity contribution in [2.75, 3.05) is 24.4 Å². The van der Waals surface area contributed by atoms with Crippen LogP contribution in [0.3, 0.4) is 0 Å². The molecule has 1 aromatic heterocycles. The van der Waals surface area contributed by atoms with Crippen molar-refractivity contribution in [1.29, 1.82) is 0 Å². The van der Waals surface area contributed by atoms with Gasteiger partial charge in [-0.15, -0.1) is 4.91 Å². The average Bonchev–Trinajstić information content (AvgIpc) is 3.02. The third-order valence-electron chi connectivity index (χ3n) is 3.78. The number of nitroso groups, excluding NO2 is 1. The lowest BCUT2D eigenvalue weighted by atomic mass is 10.1. The highest BCUT2D eigenvalue weighted by atomic mass is 16.5. The summed E-state index contributed by atoms with van der Waals surface area (Å²) in [6, 6.07) is 10.7. The highest BCUT2D eigenvalue weighted by Crippen LogP contribution is 2.32. The molecule has 0 bridgehead atoms. The maximum atomic E-state index is 11.1. The van der Waals surface area contributed by atoms with Crippen LogP contribution >= 0.6 is 0 Å². The van der Waals surface area contributed by atoms with Gasteiger partial charge in [-0.1, -0.05) is 13.8 Å². The van der Waals surface area contributed by atoms with Gasteiger partial charge in [-0.05, 0) is 36.2 Å². The predicted molar refractivity (Wildman–Crippen MR) is 98.4 cm³/mol. The van der Waals surface area contributed by atoms with Gasteiger partial charge in [-0.25, -0.2) is 9.99 Å². The molecule has 1 heterocycles. The van der Waals surface area contributed by atoms with E-state index in [9.17, 15) is 4.91 Å². The third kappa shape index (κ3) is 3.40. The second-order valence-electron chi connectivity index (χ2n) is 6.18. The smallest absolute Gasteiger partial charge is 0.227 e. The number of benzene rings is 2. The van der Waals surface area contributed by atoms with Crippen molar-refractivity contribution < 1.29 is 9.15 Å². The average molecular weight is 340 g/mol. The molecule has 3 rings (SSSR count). The molecule has 0 aliphatic heterocycles. The summed E-state index contributed by atoms with van der Waals surface area (Å²) in [6.45, 7) is 4.51. The number of aromatic nitrogens is 1. The van der Waals surface area contributed by atoms with Gasteiger partial charge in [-0.3, -0.25) is 0 Å². The van der Waals surface area contributed by atoms with E-state index in [2.05, 4.69) is 10.3 Å². The fourth-order valence-electron chi connectivity index (χ4n) is 2.60. The number of nitrogens with two attached hydrogens (primary N) is 1. The van der Waals surface area contributed by atoms with Crippen LogP contribution in [-0.4, -0.2) is 18.6 Å². The van der Waals surface area contributed by atoms with Gasteiger partial charge in [0.05, 0.1) is 23.8 Å². The zero-order valence-electron chi connectivity index (χ0n) is 14.4. The van der Waals surface area contributed by atoms with Gasteiger partial charge in [-0.2, -0.15) is 0 Å². The Morgan fingerprint density at radius 2 is 2.08 bits per heavy atom. The highest BCUT2D eigenvalue weighted by molar-refractivity contribution is 5.80. The Hall–Kier alpha value is -3.09. The van der Waals surface area contributed by atoms with Gasteiger partial charge in [0.1, 0.15) is 11.3 Å². The summed E-state index contributed by atoms with van der Waals surface area (Å²) in [6.07, 6.45) is 0. The molecule has 7 nitrogen and oxygen atoms in total. The van der Waals surface area contributed by atoms with E-state index in [-0.39, 0.29) is 5.92 Å². The molecule has 7 heteroatoms. The van der Waals surface area contributed by atoms with Gasteiger partial charge in [0.15, 0.2) is 5.58 Å². The standard InChI is InChI=1S/C18H20N4O3/c1-11(2)10-22(21-23)16-7-4-12(8-14(16)19)18-20-15-6-5-13(24-3)9-17(15)25-18/h4-9,11H,10,19H2,1-3H3. The number of anilines is 2. The van der Waals surface area contributed by atoms with Gasteiger partial charge in [0, 0.05) is 18.2 Å². The van der Waals surface area contributed by atoms with Crippen molar-refractivity contribution in [2.24, 2.45) is 11.2 Å². The van der Waals surface area contributed by atoms with E-state index in [0.717, 1.165) is 11.1 Å². The van der Waals surface area contributed by atoms with Gasteiger partial charge < -0.3 is 14.9 Å². The molecule has 0 radical (unpaired) electrons. The Balaban J connectivity index is 1.96. The highest BCUT2D eigenvalue weighted by Gasteiger charge is 2.15. The lowest BCUT2D eigenvalue weighted by Gasteiger charge is -2.19. The van der Waals surface area contributed by atoms with Crippen LogP contribution in [0.1, 0.15) is 13.8 Å². The molecule has 0 amide bonds. The monoisotopic (exact) mass is 340 g/mol. The predicted octanol–water partition coefficient (Wildman–Crippen LogP) is 4.23. The summed E-state index contributed by atoms with van der Waals surface area (Å²) in [4.78, 5) is 15.6. The molecule has 130 valence electrons. The molecule has 0 saturated carbocycles. The maximum Gasteiger partial charge on any atom is 0.227 e. The normalized spacial score (nSPS) is 11.0. The summed E-state index contributed by atoms with van der Waals surface area (Å²) in [5.74, 6) is 1.44. The molecule has 0 saturated heterocycles. The van der Waals surface area contributed by atoms with Crippen LogP contribution in [0.5, 0.6) is 5.75 Å². The molecule has 0 atom stereocenters. The molecule has 0 spiro atoms. The Morgan fingerprint density at radius 1 is 1.28 bits per heavy atom. The van der Waals surface area contributed by atoms with Gasteiger partial charge in [0.25, 0.3) is 0 Å². The van der Waals surface area contributed by atoms with E-state index in [1.165, 1.54) is 5.01 Å². The SMILES string of the molecule is COc1ccc2nc(-c3ccc(N(CC(C)C)N=O)c(N)c3)oc2c1. The number of hydrogen-bond acceptors (Lipinski definition) is 6. The van der Waals surface area contributed by atoms with Gasteiger partial charge in [0.2, 0.25) is 5.89 Å². The minimum absolute atomic E-state index is 0.281. The molecular formula is C18H20N4O3. The molecule has 25 heavy (non-hydrogen) atoms. The number of ether oxygens (including phenoxy) is 1. The fourth-order valence-corrected chi connectivity index (χ4v) is 2.60. The number of nitrogen functional groups attached to an aromatic ring is 1. The van der Waals surface area contributed by atoms with Crippen molar-refractivity contribution in [3.8, 4) is 17.2 Å². The molecule has 0 aliphatic carbocycles. The molecule has 0 unspecified atom stereocenters. The molecule has 2 N–H and O–H groups in total. The summed E-state index contributed by atoms with van der Waals surface area (Å²) in [7, 11) is 1.60. The number of oxazole rings is 1. The first kappa shape index (κ1) is 16.8. The van der Waals surface area contributed by atoms with Crippen LogP contribution in [0.25, 0.3) is 22.6 Å². The summed E-state index contributed by atoms with van der Waals surface area (Å²) in [5, 5.41) is 4.43. The lowest BCUT2D eigenvalue weighted by Crippen LogP contribution is -2.22. The molecule has 3 aromatic rings. The van der Waals surface area contributed by atoms with Crippen molar-refractivity contribution in [1.82, 2.24) is 4.98 Å². The Bertz CT molecular complexity index is 904. The molecular weight excluding hydrogens is 320 g/mol. The Morgan fingerprint density at radius 3 is 2.72 bits per heavy atom. The molecule has 0 fully saturated rings. The minimum Gasteiger partial charge on any atom is -0.497 e. The lowest BCUT2D eigenvalue weighted by molar-refractivity contribution is 0.414. The van der Waals surface area contributed by atoms with E-state index >= 15 is 0 Å².